The third-order valence-corrected chi connectivity index (χ3v) is 3.18. The Labute approximate surface area is 92.0 Å². The molecule has 2 heteroatoms. The Balaban J connectivity index is 2.36. The Morgan fingerprint density at radius 3 is 2.80 bits per heavy atom. The molecule has 2 aromatic heterocycles. The van der Waals surface area contributed by atoms with Crippen molar-refractivity contribution in [3.05, 3.63) is 53.5 Å². The van der Waals surface area contributed by atoms with Crippen LogP contribution in [-0.2, 0) is 0 Å². The van der Waals surface area contributed by atoms with E-state index in [9.17, 15) is 0 Å². The van der Waals surface area contributed by atoms with Crippen LogP contribution in [0, 0.1) is 0 Å². The van der Waals surface area contributed by atoms with E-state index in [1.54, 1.807) is 11.3 Å². The van der Waals surface area contributed by atoms with Gasteiger partial charge >= 0.3 is 0 Å². The van der Waals surface area contributed by atoms with Crippen LogP contribution in [0.4, 0.5) is 0 Å². The van der Waals surface area contributed by atoms with Crippen molar-refractivity contribution in [1.29, 1.82) is 0 Å². The number of fused-ring (bicyclic) bond motifs is 1. The van der Waals surface area contributed by atoms with Crippen molar-refractivity contribution in [3.8, 4) is 11.1 Å². The molecule has 1 aromatic carbocycles. The molecule has 0 atom stereocenters. The topological polar surface area (TPSA) is 12.9 Å². The summed E-state index contributed by atoms with van der Waals surface area (Å²) >= 11 is 1.72. The Kier molecular flexibility index (Phi) is 2.00. The third-order valence-electron chi connectivity index (χ3n) is 2.50. The van der Waals surface area contributed by atoms with Crippen LogP contribution in [0.1, 0.15) is 0 Å². The fourth-order valence-electron chi connectivity index (χ4n) is 1.76. The average Bonchev–Trinajstić information content (AvgIpc) is 2.82. The molecule has 0 saturated heterocycles. The second-order valence-electron chi connectivity index (χ2n) is 3.42. The van der Waals surface area contributed by atoms with Crippen LogP contribution in [0.5, 0.6) is 0 Å². The van der Waals surface area contributed by atoms with Gasteiger partial charge in [0, 0.05) is 23.3 Å². The van der Waals surface area contributed by atoms with Crippen molar-refractivity contribution in [1.82, 2.24) is 4.98 Å². The first-order chi connectivity index (χ1) is 7.45. The standard InChI is InChI=1S/C13H9NS/c1-2-4-12-10(3-1)7-14-8-13(12)11-5-6-15-9-11/h1-9H. The molecule has 1 nitrogen and oxygen atoms in total. The highest BCUT2D eigenvalue weighted by Gasteiger charge is 2.03. The van der Waals surface area contributed by atoms with E-state index in [0.29, 0.717) is 0 Å². The summed E-state index contributed by atoms with van der Waals surface area (Å²) in [5, 5.41) is 6.72. The maximum atomic E-state index is 4.27. The molecule has 0 N–H and O–H groups in total. The molecule has 3 aromatic rings. The summed E-state index contributed by atoms with van der Waals surface area (Å²) in [5.74, 6) is 0. The third kappa shape index (κ3) is 1.43. The number of thiophene rings is 1. The molecule has 0 aliphatic rings. The van der Waals surface area contributed by atoms with Crippen LogP contribution < -0.4 is 0 Å². The number of hydrogen-bond donors (Lipinski definition) is 0. The largest absolute Gasteiger partial charge is 0.263 e. The average molecular weight is 211 g/mol. The van der Waals surface area contributed by atoms with E-state index < -0.39 is 0 Å². The van der Waals surface area contributed by atoms with E-state index in [4.69, 9.17) is 0 Å². The predicted molar refractivity (Wildman–Crippen MR) is 65.1 cm³/mol. The molecule has 0 spiro atoms. The van der Waals surface area contributed by atoms with Crippen LogP contribution in [0.15, 0.2) is 53.5 Å². The first-order valence-corrected chi connectivity index (χ1v) is 5.75. The van der Waals surface area contributed by atoms with Crippen molar-refractivity contribution in [3.63, 3.8) is 0 Å². The second kappa shape index (κ2) is 3.48. The summed E-state index contributed by atoms with van der Waals surface area (Å²) in [6, 6.07) is 10.5. The lowest BCUT2D eigenvalue weighted by molar-refractivity contribution is 1.36. The SMILES string of the molecule is c1ccc2c(-c3ccsc3)cncc2c1. The molecule has 3 rings (SSSR count). The van der Waals surface area contributed by atoms with Gasteiger partial charge in [0.15, 0.2) is 0 Å². The van der Waals surface area contributed by atoms with Gasteiger partial charge < -0.3 is 0 Å². The van der Waals surface area contributed by atoms with Crippen LogP contribution in [0.25, 0.3) is 21.9 Å². The molecule has 0 unspecified atom stereocenters. The summed E-state index contributed by atoms with van der Waals surface area (Å²) in [6.45, 7) is 0. The number of rotatable bonds is 1. The maximum absolute atomic E-state index is 4.27. The van der Waals surface area contributed by atoms with Gasteiger partial charge in [0.2, 0.25) is 0 Å². The van der Waals surface area contributed by atoms with Gasteiger partial charge in [-0.1, -0.05) is 24.3 Å². The van der Waals surface area contributed by atoms with Crippen LogP contribution >= 0.6 is 11.3 Å². The lowest BCUT2D eigenvalue weighted by atomic mass is 10.0. The maximum Gasteiger partial charge on any atom is 0.0353 e. The lowest BCUT2D eigenvalue weighted by Crippen LogP contribution is -1.81. The van der Waals surface area contributed by atoms with Crippen LogP contribution in [-0.4, -0.2) is 4.98 Å². The van der Waals surface area contributed by atoms with Gasteiger partial charge in [-0.2, -0.15) is 11.3 Å². The highest BCUT2D eigenvalue weighted by Crippen LogP contribution is 2.28. The monoisotopic (exact) mass is 211 g/mol. The van der Waals surface area contributed by atoms with Crippen LogP contribution in [0.2, 0.25) is 0 Å². The van der Waals surface area contributed by atoms with Gasteiger partial charge in [-0.3, -0.25) is 4.98 Å². The highest BCUT2D eigenvalue weighted by molar-refractivity contribution is 7.08. The smallest absolute Gasteiger partial charge is 0.0353 e. The summed E-state index contributed by atoms with van der Waals surface area (Å²) in [7, 11) is 0. The number of benzene rings is 1. The molecule has 0 fully saturated rings. The van der Waals surface area contributed by atoms with Gasteiger partial charge in [0.25, 0.3) is 0 Å². The van der Waals surface area contributed by atoms with Crippen LogP contribution in [0.3, 0.4) is 0 Å². The lowest BCUT2D eigenvalue weighted by Gasteiger charge is -2.03. The molecule has 0 radical (unpaired) electrons. The van der Waals surface area contributed by atoms with Gasteiger partial charge in [-0.15, -0.1) is 0 Å². The fourth-order valence-corrected chi connectivity index (χ4v) is 2.42. The zero-order valence-corrected chi connectivity index (χ0v) is 8.87. The molecular formula is C13H9NS. The molecule has 0 saturated carbocycles. The van der Waals surface area contributed by atoms with Gasteiger partial charge in [0.1, 0.15) is 0 Å². The highest BCUT2D eigenvalue weighted by atomic mass is 32.1. The molecule has 2 heterocycles. The summed E-state index contributed by atoms with van der Waals surface area (Å²) in [5.41, 5.74) is 2.47. The summed E-state index contributed by atoms with van der Waals surface area (Å²) in [6.07, 6.45) is 3.84. The molecule has 0 aliphatic carbocycles. The molecule has 72 valence electrons. The van der Waals surface area contributed by atoms with E-state index in [-0.39, 0.29) is 0 Å². The first-order valence-electron chi connectivity index (χ1n) is 4.80. The zero-order valence-electron chi connectivity index (χ0n) is 8.05. The number of pyridine rings is 1. The van der Waals surface area contributed by atoms with E-state index in [1.165, 1.54) is 21.9 Å². The minimum atomic E-state index is 1.20. The minimum absolute atomic E-state index is 1.20. The van der Waals surface area contributed by atoms with Crippen molar-refractivity contribution in [2.24, 2.45) is 0 Å². The molecule has 15 heavy (non-hydrogen) atoms. The Morgan fingerprint density at radius 2 is 1.93 bits per heavy atom. The second-order valence-corrected chi connectivity index (χ2v) is 4.20. The number of nitrogens with zero attached hydrogens (tertiary/aromatic N) is 1. The zero-order chi connectivity index (χ0) is 10.1. The molecular weight excluding hydrogens is 202 g/mol. The Morgan fingerprint density at radius 1 is 1.00 bits per heavy atom. The summed E-state index contributed by atoms with van der Waals surface area (Å²) in [4.78, 5) is 4.27. The van der Waals surface area contributed by atoms with Crippen molar-refractivity contribution < 1.29 is 0 Å². The van der Waals surface area contributed by atoms with E-state index in [2.05, 4.69) is 40.0 Å². The van der Waals surface area contributed by atoms with E-state index in [0.717, 1.165) is 0 Å². The van der Waals surface area contributed by atoms with Gasteiger partial charge in [0.05, 0.1) is 0 Å². The molecule has 0 aliphatic heterocycles. The Bertz CT molecular complexity index is 579. The normalized spacial score (nSPS) is 10.7. The first kappa shape index (κ1) is 8.62. The molecule has 0 bridgehead atoms. The summed E-state index contributed by atoms with van der Waals surface area (Å²) < 4.78 is 0. The van der Waals surface area contributed by atoms with E-state index >= 15 is 0 Å². The Hall–Kier alpha value is -1.67. The van der Waals surface area contributed by atoms with Gasteiger partial charge in [-0.25, -0.2) is 0 Å². The fraction of sp³-hybridized carbons (Fsp3) is 0. The van der Waals surface area contributed by atoms with Crippen molar-refractivity contribution in [2.45, 2.75) is 0 Å². The predicted octanol–water partition coefficient (Wildman–Crippen LogP) is 3.96. The number of hydrogen-bond acceptors (Lipinski definition) is 2. The van der Waals surface area contributed by atoms with Gasteiger partial charge in [-0.05, 0) is 27.8 Å². The minimum Gasteiger partial charge on any atom is -0.263 e. The number of aromatic nitrogens is 1. The van der Waals surface area contributed by atoms with Crippen molar-refractivity contribution >= 4 is 22.1 Å². The van der Waals surface area contributed by atoms with E-state index in [1.807, 2.05) is 18.5 Å². The quantitative estimate of drug-likeness (QED) is 0.593. The molecule has 0 amide bonds. The van der Waals surface area contributed by atoms with Crippen molar-refractivity contribution in [2.75, 3.05) is 0 Å².